The maximum absolute atomic E-state index is 13.9. The molecule has 2 heterocycles. The Balaban J connectivity index is 2.39. The van der Waals surface area contributed by atoms with Crippen molar-refractivity contribution in [3.63, 3.8) is 0 Å². The van der Waals surface area contributed by atoms with Crippen LogP contribution >= 0.6 is 0 Å². The monoisotopic (exact) mass is 277 g/mol. The number of hydrogen-bond acceptors (Lipinski definition) is 6. The van der Waals surface area contributed by atoms with E-state index in [9.17, 15) is 18.7 Å². The van der Waals surface area contributed by atoms with Crippen molar-refractivity contribution in [2.75, 3.05) is 19.0 Å². The highest BCUT2D eigenvalue weighted by atomic mass is 19.1. The number of aliphatic hydroxyl groups is 2. The van der Waals surface area contributed by atoms with Crippen LogP contribution in [0.25, 0.3) is 0 Å². The van der Waals surface area contributed by atoms with Gasteiger partial charge in [0, 0.05) is 6.20 Å². The van der Waals surface area contributed by atoms with Crippen LogP contribution in [0.2, 0.25) is 0 Å². The number of rotatable bonds is 3. The molecule has 1 aromatic heterocycles. The van der Waals surface area contributed by atoms with Gasteiger partial charge in [-0.05, 0) is 6.07 Å². The van der Waals surface area contributed by atoms with Crippen LogP contribution < -0.4 is 11.4 Å². The van der Waals surface area contributed by atoms with Crippen molar-refractivity contribution in [1.82, 2.24) is 9.55 Å². The van der Waals surface area contributed by atoms with Crippen molar-refractivity contribution in [1.29, 1.82) is 0 Å². The van der Waals surface area contributed by atoms with Gasteiger partial charge in [0.15, 0.2) is 18.0 Å². The van der Waals surface area contributed by atoms with Gasteiger partial charge >= 0.3 is 5.69 Å². The second-order valence-corrected chi connectivity index (χ2v) is 4.30. The van der Waals surface area contributed by atoms with Crippen molar-refractivity contribution in [2.24, 2.45) is 0 Å². The predicted molar refractivity (Wildman–Crippen MR) is 59.7 cm³/mol. The van der Waals surface area contributed by atoms with E-state index in [0.29, 0.717) is 0 Å². The highest BCUT2D eigenvalue weighted by Gasteiger charge is 2.56. The number of aliphatic hydroxyl groups excluding tert-OH is 2. The molecule has 4 N–H and O–H groups in total. The van der Waals surface area contributed by atoms with Gasteiger partial charge in [0.05, 0.1) is 6.61 Å². The van der Waals surface area contributed by atoms with Gasteiger partial charge in [-0.3, -0.25) is 4.57 Å². The summed E-state index contributed by atoms with van der Waals surface area (Å²) < 4.78 is 32.6. The fourth-order valence-corrected chi connectivity index (χ4v) is 1.93. The van der Waals surface area contributed by atoms with Crippen molar-refractivity contribution < 1.29 is 23.7 Å². The maximum Gasteiger partial charge on any atom is 0.351 e. The summed E-state index contributed by atoms with van der Waals surface area (Å²) in [4.78, 5) is 14.9. The minimum absolute atomic E-state index is 0.0610. The molecule has 0 aliphatic carbocycles. The number of nitrogens with two attached hydrogens (primary N) is 1. The smallest absolute Gasteiger partial charge is 0.351 e. The number of hydrogen-bond donors (Lipinski definition) is 3. The molecule has 19 heavy (non-hydrogen) atoms. The van der Waals surface area contributed by atoms with Gasteiger partial charge in [0.25, 0.3) is 0 Å². The number of halogens is 2. The van der Waals surface area contributed by atoms with Crippen molar-refractivity contribution in [3.8, 4) is 0 Å². The van der Waals surface area contributed by atoms with Gasteiger partial charge in [-0.25, -0.2) is 13.6 Å². The summed E-state index contributed by atoms with van der Waals surface area (Å²) >= 11 is 0. The molecule has 106 valence electrons. The number of ether oxygens (including phenoxy) is 1. The molecule has 1 aliphatic heterocycles. The summed E-state index contributed by atoms with van der Waals surface area (Å²) in [5, 5.41) is 18.7. The lowest BCUT2D eigenvalue weighted by atomic mass is 9.98. The number of aromatic nitrogens is 2. The molecule has 2 rings (SSSR count). The molecule has 0 aromatic carbocycles. The van der Waals surface area contributed by atoms with E-state index in [-0.39, 0.29) is 5.82 Å². The van der Waals surface area contributed by atoms with Crippen LogP contribution in [-0.4, -0.2) is 50.9 Å². The second-order valence-electron chi connectivity index (χ2n) is 4.30. The van der Waals surface area contributed by atoms with Crippen LogP contribution in [0.15, 0.2) is 17.1 Å². The van der Waals surface area contributed by atoms with E-state index >= 15 is 0 Å². The lowest BCUT2D eigenvalue weighted by molar-refractivity contribution is -0.138. The van der Waals surface area contributed by atoms with E-state index < -0.39 is 43.1 Å². The summed E-state index contributed by atoms with van der Waals surface area (Å²) in [6.07, 6.45) is -4.41. The standard InChI is InChI=1S/C10H13F2N3O4/c11-3-10(4-16)7(17)6(12)8(19-10)15-2-1-5(13)14-9(15)18/h1-2,6-8,16-17H,3-4H2,(H2,13,14,18). The third-order valence-electron chi connectivity index (χ3n) is 3.09. The highest BCUT2D eigenvalue weighted by Crippen LogP contribution is 2.38. The molecule has 1 aromatic rings. The van der Waals surface area contributed by atoms with E-state index in [1.165, 1.54) is 6.07 Å². The van der Waals surface area contributed by atoms with E-state index in [0.717, 1.165) is 10.8 Å². The molecule has 0 amide bonds. The maximum atomic E-state index is 13.9. The zero-order valence-corrected chi connectivity index (χ0v) is 9.74. The molecule has 4 atom stereocenters. The Hall–Kier alpha value is -1.58. The normalized spacial score (nSPS) is 34.6. The molecule has 7 nitrogen and oxygen atoms in total. The topological polar surface area (TPSA) is 111 Å². The summed E-state index contributed by atoms with van der Waals surface area (Å²) in [6.45, 7) is -2.21. The average molecular weight is 277 g/mol. The first kappa shape index (κ1) is 13.8. The minimum atomic E-state index is -2.08. The van der Waals surface area contributed by atoms with Gasteiger partial charge in [-0.1, -0.05) is 0 Å². The third kappa shape index (κ3) is 2.09. The SMILES string of the molecule is Nc1ccn(C2OC(CO)(CF)C(O)C2F)c(=O)n1. The Morgan fingerprint density at radius 1 is 1.63 bits per heavy atom. The molecular weight excluding hydrogens is 264 g/mol. The lowest BCUT2D eigenvalue weighted by Crippen LogP contribution is -2.47. The van der Waals surface area contributed by atoms with Crippen LogP contribution in [0, 0.1) is 0 Å². The Bertz CT molecular complexity index is 520. The summed E-state index contributed by atoms with van der Waals surface area (Å²) in [6, 6.07) is 1.23. The van der Waals surface area contributed by atoms with Crippen LogP contribution in [0.1, 0.15) is 6.23 Å². The van der Waals surface area contributed by atoms with Crippen molar-refractivity contribution >= 4 is 5.82 Å². The van der Waals surface area contributed by atoms with Crippen LogP contribution in [0.3, 0.4) is 0 Å². The summed E-state index contributed by atoms with van der Waals surface area (Å²) in [7, 11) is 0. The Morgan fingerprint density at radius 3 is 2.79 bits per heavy atom. The van der Waals surface area contributed by atoms with Crippen LogP contribution in [-0.2, 0) is 4.74 Å². The van der Waals surface area contributed by atoms with E-state index in [1.54, 1.807) is 0 Å². The first-order valence-electron chi connectivity index (χ1n) is 5.46. The third-order valence-corrected chi connectivity index (χ3v) is 3.09. The molecule has 0 radical (unpaired) electrons. The predicted octanol–water partition coefficient (Wildman–Crippen LogP) is -1.25. The van der Waals surface area contributed by atoms with Gasteiger partial charge in [-0.15, -0.1) is 0 Å². The second kappa shape index (κ2) is 4.83. The zero-order chi connectivity index (χ0) is 14.2. The van der Waals surface area contributed by atoms with Gasteiger partial charge in [0.2, 0.25) is 0 Å². The quantitative estimate of drug-likeness (QED) is 0.637. The van der Waals surface area contributed by atoms with E-state index in [4.69, 9.17) is 15.6 Å². The molecule has 0 spiro atoms. The van der Waals surface area contributed by atoms with Gasteiger partial charge in [-0.2, -0.15) is 4.98 Å². The van der Waals surface area contributed by atoms with Crippen molar-refractivity contribution in [3.05, 3.63) is 22.7 Å². The van der Waals surface area contributed by atoms with Crippen molar-refractivity contribution in [2.45, 2.75) is 24.1 Å². The molecule has 1 fully saturated rings. The minimum Gasteiger partial charge on any atom is -0.393 e. The zero-order valence-electron chi connectivity index (χ0n) is 9.74. The van der Waals surface area contributed by atoms with Crippen LogP contribution in [0.5, 0.6) is 0 Å². The fraction of sp³-hybridized carbons (Fsp3) is 0.600. The van der Waals surface area contributed by atoms with Crippen LogP contribution in [0.4, 0.5) is 14.6 Å². The Morgan fingerprint density at radius 2 is 2.32 bits per heavy atom. The average Bonchev–Trinajstić information content (AvgIpc) is 2.64. The number of nitrogen functional groups attached to an aromatic ring is 1. The molecule has 1 aliphatic rings. The molecule has 4 unspecified atom stereocenters. The first-order chi connectivity index (χ1) is 8.95. The highest BCUT2D eigenvalue weighted by molar-refractivity contribution is 5.23. The molecule has 9 heteroatoms. The molecule has 0 bridgehead atoms. The van der Waals surface area contributed by atoms with E-state index in [1.807, 2.05) is 0 Å². The first-order valence-corrected chi connectivity index (χ1v) is 5.46. The van der Waals surface area contributed by atoms with Gasteiger partial charge in [0.1, 0.15) is 18.6 Å². The number of alkyl halides is 2. The van der Waals surface area contributed by atoms with E-state index in [2.05, 4.69) is 4.98 Å². The molecule has 0 saturated carbocycles. The van der Waals surface area contributed by atoms with Gasteiger partial charge < -0.3 is 20.7 Å². The largest absolute Gasteiger partial charge is 0.393 e. The number of nitrogens with zero attached hydrogens (tertiary/aromatic N) is 2. The fourth-order valence-electron chi connectivity index (χ4n) is 1.93. The lowest BCUT2D eigenvalue weighted by Gasteiger charge is -2.25. The number of anilines is 1. The Kier molecular flexibility index (Phi) is 3.52. The summed E-state index contributed by atoms with van der Waals surface area (Å²) in [5.74, 6) is -0.0610. The molecule has 1 saturated heterocycles. The summed E-state index contributed by atoms with van der Waals surface area (Å²) in [5.41, 5.74) is 2.31. The Labute approximate surface area is 106 Å². The molecular formula is C10H13F2N3O4.